The number of nitrogens with zero attached hydrogens (tertiary/aromatic N) is 3. The first-order chi connectivity index (χ1) is 10.1. The van der Waals surface area contributed by atoms with Crippen LogP contribution in [-0.2, 0) is 13.5 Å². The number of aliphatic hydroxyl groups is 1. The molecule has 2 aliphatic rings. The molecule has 3 heterocycles. The van der Waals surface area contributed by atoms with E-state index in [1.165, 1.54) is 24.8 Å². The molecule has 0 saturated carbocycles. The van der Waals surface area contributed by atoms with Gasteiger partial charge in [0.05, 0.1) is 16.8 Å². The van der Waals surface area contributed by atoms with E-state index in [9.17, 15) is 5.11 Å². The lowest BCUT2D eigenvalue weighted by molar-refractivity contribution is -0.0358. The summed E-state index contributed by atoms with van der Waals surface area (Å²) in [5.41, 5.74) is 1.61. The van der Waals surface area contributed by atoms with Gasteiger partial charge in [0.15, 0.2) is 0 Å². The van der Waals surface area contributed by atoms with Crippen LogP contribution in [0.1, 0.15) is 31.4 Å². The van der Waals surface area contributed by atoms with Crippen LogP contribution < -0.4 is 0 Å². The summed E-state index contributed by atoms with van der Waals surface area (Å²) < 4.78 is 1.93. The SMILES string of the molecule is Cn1nc(CC2(O)CCN3CCCC3C2)c2ccccc21. The summed E-state index contributed by atoms with van der Waals surface area (Å²) in [6.07, 6.45) is 4.98. The third kappa shape index (κ3) is 2.27. The minimum Gasteiger partial charge on any atom is -0.389 e. The molecule has 2 aromatic rings. The Morgan fingerprint density at radius 1 is 1.33 bits per heavy atom. The van der Waals surface area contributed by atoms with Gasteiger partial charge in [0.25, 0.3) is 0 Å². The van der Waals surface area contributed by atoms with Crippen LogP contribution in [0.15, 0.2) is 24.3 Å². The molecule has 2 saturated heterocycles. The second kappa shape index (κ2) is 4.82. The largest absolute Gasteiger partial charge is 0.389 e. The maximum atomic E-state index is 11.1. The van der Waals surface area contributed by atoms with E-state index in [1.54, 1.807) is 0 Å². The number of aromatic nitrogens is 2. The second-order valence-electron chi connectivity index (χ2n) is 6.77. The van der Waals surface area contributed by atoms with E-state index in [4.69, 9.17) is 0 Å². The van der Waals surface area contributed by atoms with Crippen LogP contribution in [0.2, 0.25) is 0 Å². The Hall–Kier alpha value is -1.39. The summed E-state index contributed by atoms with van der Waals surface area (Å²) in [6.45, 7) is 2.25. The van der Waals surface area contributed by atoms with Crippen LogP contribution in [0.4, 0.5) is 0 Å². The van der Waals surface area contributed by atoms with Crippen molar-refractivity contribution >= 4 is 10.9 Å². The Kier molecular flexibility index (Phi) is 3.05. The van der Waals surface area contributed by atoms with Gasteiger partial charge in [0, 0.05) is 31.4 Å². The summed E-state index contributed by atoms with van der Waals surface area (Å²) in [7, 11) is 1.98. The Morgan fingerprint density at radius 2 is 2.19 bits per heavy atom. The van der Waals surface area contributed by atoms with Gasteiger partial charge in [-0.2, -0.15) is 5.10 Å². The molecule has 0 amide bonds. The van der Waals surface area contributed by atoms with E-state index >= 15 is 0 Å². The van der Waals surface area contributed by atoms with Crippen LogP contribution in [0.25, 0.3) is 10.9 Å². The number of piperidine rings is 1. The number of benzene rings is 1. The highest BCUT2D eigenvalue weighted by Gasteiger charge is 2.40. The Morgan fingerprint density at radius 3 is 3.10 bits per heavy atom. The van der Waals surface area contributed by atoms with Crippen molar-refractivity contribution in [2.45, 2.75) is 43.7 Å². The lowest BCUT2D eigenvalue weighted by atomic mass is 9.82. The molecule has 2 aliphatic heterocycles. The molecule has 2 fully saturated rings. The van der Waals surface area contributed by atoms with Crippen molar-refractivity contribution in [1.29, 1.82) is 0 Å². The molecule has 1 aromatic heterocycles. The fourth-order valence-corrected chi connectivity index (χ4v) is 4.20. The highest BCUT2D eigenvalue weighted by atomic mass is 16.3. The summed E-state index contributed by atoms with van der Waals surface area (Å²) in [5.74, 6) is 0. The highest BCUT2D eigenvalue weighted by molar-refractivity contribution is 5.81. The monoisotopic (exact) mass is 285 g/mol. The predicted octanol–water partition coefficient (Wildman–Crippen LogP) is 2.11. The van der Waals surface area contributed by atoms with Crippen LogP contribution in [0.5, 0.6) is 0 Å². The summed E-state index contributed by atoms with van der Waals surface area (Å²) >= 11 is 0. The molecule has 4 nitrogen and oxygen atoms in total. The normalized spacial score (nSPS) is 29.9. The second-order valence-corrected chi connectivity index (χ2v) is 6.77. The van der Waals surface area contributed by atoms with Crippen LogP contribution in [0.3, 0.4) is 0 Å². The average Bonchev–Trinajstić information content (AvgIpc) is 3.04. The molecule has 1 aromatic carbocycles. The predicted molar refractivity (Wildman–Crippen MR) is 83.2 cm³/mol. The van der Waals surface area contributed by atoms with Crippen molar-refractivity contribution in [3.05, 3.63) is 30.0 Å². The molecule has 0 radical (unpaired) electrons. The Bertz CT molecular complexity index is 665. The maximum Gasteiger partial charge on any atom is 0.0731 e. The lowest BCUT2D eigenvalue weighted by Crippen LogP contribution is -2.48. The van der Waals surface area contributed by atoms with E-state index in [-0.39, 0.29) is 0 Å². The first-order valence-electron chi connectivity index (χ1n) is 8.02. The minimum atomic E-state index is -0.581. The fourth-order valence-electron chi connectivity index (χ4n) is 4.20. The summed E-state index contributed by atoms with van der Waals surface area (Å²) in [5, 5.41) is 16.9. The molecule has 0 bridgehead atoms. The topological polar surface area (TPSA) is 41.3 Å². The average molecular weight is 285 g/mol. The molecule has 0 aliphatic carbocycles. The number of hydrogen-bond acceptors (Lipinski definition) is 3. The van der Waals surface area contributed by atoms with Gasteiger partial charge in [0.1, 0.15) is 0 Å². The van der Waals surface area contributed by atoms with Gasteiger partial charge in [-0.1, -0.05) is 18.2 Å². The molecule has 0 spiro atoms. The van der Waals surface area contributed by atoms with Crippen molar-refractivity contribution < 1.29 is 5.11 Å². The number of aryl methyl sites for hydroxylation is 1. The number of fused-ring (bicyclic) bond motifs is 2. The molecule has 4 heteroatoms. The van der Waals surface area contributed by atoms with Gasteiger partial charge in [0.2, 0.25) is 0 Å². The van der Waals surface area contributed by atoms with Crippen LogP contribution >= 0.6 is 0 Å². The van der Waals surface area contributed by atoms with E-state index < -0.39 is 5.60 Å². The quantitative estimate of drug-likeness (QED) is 0.919. The third-order valence-corrected chi connectivity index (χ3v) is 5.31. The summed E-state index contributed by atoms with van der Waals surface area (Å²) in [6, 6.07) is 8.89. The zero-order valence-corrected chi connectivity index (χ0v) is 12.6. The van der Waals surface area contributed by atoms with E-state index in [0.717, 1.165) is 30.6 Å². The Balaban J connectivity index is 1.62. The van der Waals surface area contributed by atoms with Gasteiger partial charge in [-0.3, -0.25) is 4.68 Å². The van der Waals surface area contributed by atoms with Crippen molar-refractivity contribution in [2.75, 3.05) is 13.1 Å². The van der Waals surface area contributed by atoms with Gasteiger partial charge >= 0.3 is 0 Å². The molecule has 21 heavy (non-hydrogen) atoms. The minimum absolute atomic E-state index is 0.581. The smallest absolute Gasteiger partial charge is 0.0731 e. The molecular weight excluding hydrogens is 262 g/mol. The van der Waals surface area contributed by atoms with Crippen molar-refractivity contribution in [3.8, 4) is 0 Å². The number of hydrogen-bond donors (Lipinski definition) is 1. The summed E-state index contributed by atoms with van der Waals surface area (Å²) in [4.78, 5) is 2.55. The van der Waals surface area contributed by atoms with Crippen molar-refractivity contribution in [3.63, 3.8) is 0 Å². The van der Waals surface area contributed by atoms with E-state index in [0.29, 0.717) is 12.5 Å². The van der Waals surface area contributed by atoms with Crippen LogP contribution in [-0.4, -0.2) is 44.5 Å². The fraction of sp³-hybridized carbons (Fsp3) is 0.588. The molecule has 112 valence electrons. The standard InChI is InChI=1S/C17H23N3O/c1-19-16-7-3-2-6-14(16)15(18-19)12-17(21)8-10-20-9-4-5-13(20)11-17/h2-3,6-7,13,21H,4-5,8-12H2,1H3. The van der Waals surface area contributed by atoms with Gasteiger partial charge in [-0.05, 0) is 38.3 Å². The van der Waals surface area contributed by atoms with Gasteiger partial charge < -0.3 is 10.0 Å². The maximum absolute atomic E-state index is 11.1. The first kappa shape index (κ1) is 13.3. The zero-order valence-electron chi connectivity index (χ0n) is 12.6. The van der Waals surface area contributed by atoms with E-state index in [1.807, 2.05) is 17.8 Å². The van der Waals surface area contributed by atoms with Crippen molar-refractivity contribution in [2.24, 2.45) is 7.05 Å². The molecule has 2 unspecified atom stereocenters. The number of para-hydroxylation sites is 1. The third-order valence-electron chi connectivity index (χ3n) is 5.31. The van der Waals surface area contributed by atoms with Crippen LogP contribution in [0, 0.1) is 0 Å². The van der Waals surface area contributed by atoms with Crippen molar-refractivity contribution in [1.82, 2.24) is 14.7 Å². The zero-order chi connectivity index (χ0) is 14.4. The van der Waals surface area contributed by atoms with E-state index in [2.05, 4.69) is 28.2 Å². The lowest BCUT2D eigenvalue weighted by Gasteiger charge is -2.40. The molecular formula is C17H23N3O. The molecule has 1 N–H and O–H groups in total. The first-order valence-corrected chi connectivity index (χ1v) is 8.02. The molecule has 4 rings (SSSR count). The Labute approximate surface area is 125 Å². The highest BCUT2D eigenvalue weighted by Crippen LogP contribution is 2.35. The number of rotatable bonds is 2. The molecule has 2 atom stereocenters. The van der Waals surface area contributed by atoms with Gasteiger partial charge in [-0.25, -0.2) is 0 Å². The van der Waals surface area contributed by atoms with Gasteiger partial charge in [-0.15, -0.1) is 0 Å².